The minimum Gasteiger partial charge on any atom is -0.479 e. The lowest BCUT2D eigenvalue weighted by atomic mass is 10.1. The van der Waals surface area contributed by atoms with E-state index in [2.05, 4.69) is 0 Å². The quantitative estimate of drug-likeness (QED) is 0.844. The summed E-state index contributed by atoms with van der Waals surface area (Å²) in [5.74, 6) is -1.11. The zero-order chi connectivity index (χ0) is 12.4. The van der Waals surface area contributed by atoms with Crippen LogP contribution in [0.4, 0.5) is 0 Å². The van der Waals surface area contributed by atoms with Gasteiger partial charge in [0.05, 0.1) is 5.75 Å². The summed E-state index contributed by atoms with van der Waals surface area (Å²) in [6, 6.07) is 7.60. The molecule has 1 atom stereocenters. The predicted molar refractivity (Wildman–Crippen MR) is 68.7 cm³/mol. The van der Waals surface area contributed by atoms with Crippen LogP contribution >= 0.6 is 24.0 Å². The van der Waals surface area contributed by atoms with E-state index >= 15 is 0 Å². The first-order chi connectivity index (χ1) is 8.11. The normalized spacial score (nSPS) is 17.3. The van der Waals surface area contributed by atoms with Crippen molar-refractivity contribution in [1.29, 1.82) is 0 Å². The molecule has 1 heterocycles. The third kappa shape index (κ3) is 2.32. The fraction of sp³-hybridized carbons (Fsp3) is 0.182. The molecule has 88 valence electrons. The Labute approximate surface area is 108 Å². The number of benzene rings is 1. The van der Waals surface area contributed by atoms with Crippen molar-refractivity contribution < 1.29 is 14.7 Å². The number of carboxylic acid groups (broad SMARTS) is 1. The molecular weight excluding hydrogens is 258 g/mol. The zero-order valence-corrected chi connectivity index (χ0v) is 10.3. The molecule has 0 aromatic heterocycles. The lowest BCUT2D eigenvalue weighted by Crippen LogP contribution is -2.37. The first kappa shape index (κ1) is 12.1. The zero-order valence-electron chi connectivity index (χ0n) is 8.70. The van der Waals surface area contributed by atoms with Crippen molar-refractivity contribution in [2.45, 2.75) is 6.04 Å². The number of carboxylic acids is 1. The highest BCUT2D eigenvalue weighted by atomic mass is 32.2. The van der Waals surface area contributed by atoms with Crippen molar-refractivity contribution in [2.75, 3.05) is 5.75 Å². The van der Waals surface area contributed by atoms with Crippen molar-refractivity contribution in [3.63, 3.8) is 0 Å². The standard InChI is InChI=1S/C11H9NO3S2/c13-8-6-17-11(16)12(8)9(10(14)15)7-4-2-1-3-5-7/h1-5,9H,6H2,(H,14,15)/t9-/m1/s1. The molecule has 0 spiro atoms. The number of carbonyl (C=O) groups is 2. The molecule has 1 aromatic carbocycles. The molecule has 17 heavy (non-hydrogen) atoms. The van der Waals surface area contributed by atoms with Gasteiger partial charge in [-0.3, -0.25) is 9.69 Å². The number of carbonyl (C=O) groups excluding carboxylic acids is 1. The third-order valence-electron chi connectivity index (χ3n) is 2.39. The lowest BCUT2D eigenvalue weighted by molar-refractivity contribution is -0.146. The molecule has 1 fully saturated rings. The maximum absolute atomic E-state index is 11.7. The molecule has 1 aliphatic heterocycles. The van der Waals surface area contributed by atoms with Crippen LogP contribution in [-0.4, -0.2) is 32.0 Å². The molecule has 1 amide bonds. The van der Waals surface area contributed by atoms with Crippen LogP contribution in [0.15, 0.2) is 30.3 Å². The van der Waals surface area contributed by atoms with E-state index in [0.717, 1.165) is 0 Å². The minimum atomic E-state index is -1.07. The Hall–Kier alpha value is -1.40. The molecule has 6 heteroatoms. The molecule has 1 saturated heterocycles. The highest BCUT2D eigenvalue weighted by Crippen LogP contribution is 2.30. The Kier molecular flexibility index (Phi) is 3.44. The van der Waals surface area contributed by atoms with Gasteiger partial charge < -0.3 is 5.11 Å². The summed E-state index contributed by atoms with van der Waals surface area (Å²) in [6.07, 6.45) is 0. The smallest absolute Gasteiger partial charge is 0.331 e. The maximum atomic E-state index is 11.7. The maximum Gasteiger partial charge on any atom is 0.331 e. The number of hydrogen-bond acceptors (Lipinski definition) is 4. The lowest BCUT2D eigenvalue weighted by Gasteiger charge is -2.23. The van der Waals surface area contributed by atoms with Gasteiger partial charge in [-0.2, -0.15) is 0 Å². The molecule has 0 saturated carbocycles. The van der Waals surface area contributed by atoms with E-state index in [-0.39, 0.29) is 11.7 Å². The largest absolute Gasteiger partial charge is 0.479 e. The molecule has 0 aliphatic carbocycles. The van der Waals surface area contributed by atoms with Gasteiger partial charge in [-0.05, 0) is 5.56 Å². The number of hydrogen-bond donors (Lipinski definition) is 1. The summed E-state index contributed by atoms with van der Waals surface area (Å²) in [7, 11) is 0. The van der Waals surface area contributed by atoms with Gasteiger partial charge in [0, 0.05) is 0 Å². The highest BCUT2D eigenvalue weighted by Gasteiger charge is 2.38. The van der Waals surface area contributed by atoms with Crippen LogP contribution in [0.2, 0.25) is 0 Å². The molecular formula is C11H9NO3S2. The number of thiocarbonyl (C=S) groups is 1. The molecule has 0 bridgehead atoms. The van der Waals surface area contributed by atoms with Crippen LogP contribution in [0.5, 0.6) is 0 Å². The monoisotopic (exact) mass is 267 g/mol. The van der Waals surface area contributed by atoms with Gasteiger partial charge in [-0.25, -0.2) is 4.79 Å². The Morgan fingerprint density at radius 2 is 2.06 bits per heavy atom. The molecule has 4 nitrogen and oxygen atoms in total. The van der Waals surface area contributed by atoms with E-state index in [1.807, 2.05) is 0 Å². The van der Waals surface area contributed by atoms with E-state index in [1.165, 1.54) is 16.7 Å². The van der Waals surface area contributed by atoms with Crippen molar-refractivity contribution in [3.8, 4) is 0 Å². The van der Waals surface area contributed by atoms with Crippen LogP contribution in [0.25, 0.3) is 0 Å². The highest BCUT2D eigenvalue weighted by molar-refractivity contribution is 8.23. The van der Waals surface area contributed by atoms with E-state index in [1.54, 1.807) is 30.3 Å². The van der Waals surface area contributed by atoms with Gasteiger partial charge in [-0.1, -0.05) is 54.3 Å². The second kappa shape index (κ2) is 4.85. The fourth-order valence-electron chi connectivity index (χ4n) is 1.65. The number of amides is 1. The fourth-order valence-corrected chi connectivity index (χ4v) is 2.77. The summed E-state index contributed by atoms with van der Waals surface area (Å²) in [5.41, 5.74) is 0.554. The first-order valence-electron chi connectivity index (χ1n) is 4.88. The van der Waals surface area contributed by atoms with Gasteiger partial charge in [-0.15, -0.1) is 0 Å². The molecule has 1 aromatic rings. The topological polar surface area (TPSA) is 57.6 Å². The van der Waals surface area contributed by atoms with Crippen molar-refractivity contribution in [3.05, 3.63) is 35.9 Å². The van der Waals surface area contributed by atoms with Gasteiger partial charge >= 0.3 is 5.97 Å². The van der Waals surface area contributed by atoms with Crippen molar-refractivity contribution in [1.82, 2.24) is 4.90 Å². The minimum absolute atomic E-state index is 0.218. The molecule has 2 rings (SSSR count). The summed E-state index contributed by atoms with van der Waals surface area (Å²) in [4.78, 5) is 24.2. The predicted octanol–water partition coefficient (Wildman–Crippen LogP) is 1.67. The van der Waals surface area contributed by atoms with Gasteiger partial charge in [0.15, 0.2) is 6.04 Å². The Morgan fingerprint density at radius 1 is 1.41 bits per heavy atom. The van der Waals surface area contributed by atoms with E-state index < -0.39 is 12.0 Å². The summed E-state index contributed by atoms with van der Waals surface area (Å²) in [6.45, 7) is 0. The van der Waals surface area contributed by atoms with Crippen LogP contribution in [0, 0.1) is 0 Å². The summed E-state index contributed by atoms with van der Waals surface area (Å²) >= 11 is 6.22. The summed E-state index contributed by atoms with van der Waals surface area (Å²) in [5, 5.41) is 9.26. The first-order valence-corrected chi connectivity index (χ1v) is 6.27. The van der Waals surface area contributed by atoms with Gasteiger partial charge in [0.25, 0.3) is 0 Å². The average molecular weight is 267 g/mol. The molecule has 0 unspecified atom stereocenters. The van der Waals surface area contributed by atoms with Crippen LogP contribution in [0.3, 0.4) is 0 Å². The van der Waals surface area contributed by atoms with Crippen molar-refractivity contribution >= 4 is 40.2 Å². The van der Waals surface area contributed by atoms with Crippen LogP contribution < -0.4 is 0 Å². The van der Waals surface area contributed by atoms with E-state index in [9.17, 15) is 14.7 Å². The number of rotatable bonds is 3. The SMILES string of the molecule is O=C(O)[C@@H](c1ccccc1)N1C(=O)CSC1=S. The molecule has 0 radical (unpaired) electrons. The van der Waals surface area contributed by atoms with Crippen LogP contribution in [-0.2, 0) is 9.59 Å². The van der Waals surface area contributed by atoms with Crippen molar-refractivity contribution in [2.24, 2.45) is 0 Å². The molecule has 1 aliphatic rings. The van der Waals surface area contributed by atoms with E-state index in [0.29, 0.717) is 9.88 Å². The third-order valence-corrected chi connectivity index (χ3v) is 3.78. The van der Waals surface area contributed by atoms with Crippen LogP contribution in [0.1, 0.15) is 11.6 Å². The van der Waals surface area contributed by atoms with Gasteiger partial charge in [0.2, 0.25) is 5.91 Å². The van der Waals surface area contributed by atoms with E-state index in [4.69, 9.17) is 12.2 Å². The number of nitrogens with zero attached hydrogens (tertiary/aromatic N) is 1. The number of aliphatic carboxylic acids is 1. The Morgan fingerprint density at radius 3 is 2.53 bits per heavy atom. The second-order valence-electron chi connectivity index (χ2n) is 3.47. The Balaban J connectivity index is 2.40. The average Bonchev–Trinajstić information content (AvgIpc) is 2.62. The number of thioether (sulfide) groups is 1. The molecule has 1 N–H and O–H groups in total. The summed E-state index contributed by atoms with van der Waals surface area (Å²) < 4.78 is 0.325. The van der Waals surface area contributed by atoms with Gasteiger partial charge in [0.1, 0.15) is 4.32 Å². The Bertz CT molecular complexity index is 459. The second-order valence-corrected chi connectivity index (χ2v) is 5.08.